The van der Waals surface area contributed by atoms with Crippen molar-refractivity contribution in [1.29, 1.82) is 0 Å². The zero-order chi connectivity index (χ0) is 22.7. The van der Waals surface area contributed by atoms with Gasteiger partial charge >= 0.3 is 0 Å². The van der Waals surface area contributed by atoms with E-state index >= 15 is 0 Å². The monoisotopic (exact) mass is 436 g/mol. The lowest BCUT2D eigenvalue weighted by Crippen LogP contribution is -2.32. The Hall–Kier alpha value is -3.22. The molecule has 1 atom stereocenters. The zero-order valence-corrected chi connectivity index (χ0v) is 18.6. The van der Waals surface area contributed by atoms with Crippen molar-refractivity contribution in [2.75, 3.05) is 20.1 Å². The summed E-state index contributed by atoms with van der Waals surface area (Å²) in [5.74, 6) is 0.476. The summed E-state index contributed by atoms with van der Waals surface area (Å²) in [6, 6.07) is 14.0. The van der Waals surface area contributed by atoms with Crippen molar-refractivity contribution in [1.82, 2.24) is 19.4 Å². The number of unbranched alkanes of at least 4 members (excludes halogenated alkanes) is 1. The van der Waals surface area contributed by atoms with E-state index in [1.807, 2.05) is 35.9 Å². The van der Waals surface area contributed by atoms with Crippen LogP contribution in [-0.4, -0.2) is 51.3 Å². The summed E-state index contributed by atoms with van der Waals surface area (Å²) in [5, 5.41) is 0. The summed E-state index contributed by atoms with van der Waals surface area (Å²) in [6.45, 7) is 4.01. The Morgan fingerprint density at radius 3 is 2.69 bits per heavy atom. The van der Waals surface area contributed by atoms with Gasteiger partial charge in [0, 0.05) is 39.0 Å². The standard InChI is InChI=1S/C25H29FN4O2/c1-3-4-13-28(2)24(32)17-30-22-8-6-5-7-21(22)27-25(30)19-14-23(31)29(16-19)15-18-9-11-20(26)12-10-18/h5-12,19H,3-4,13-17H2,1-2H3/t19-/m1/s1. The molecule has 2 heterocycles. The highest BCUT2D eigenvalue weighted by Crippen LogP contribution is 2.31. The molecule has 0 saturated carbocycles. The molecule has 2 amide bonds. The van der Waals surface area contributed by atoms with E-state index in [9.17, 15) is 14.0 Å². The van der Waals surface area contributed by atoms with Gasteiger partial charge in [0.15, 0.2) is 0 Å². The second-order valence-electron chi connectivity index (χ2n) is 8.52. The van der Waals surface area contributed by atoms with Gasteiger partial charge in [0.25, 0.3) is 0 Å². The van der Waals surface area contributed by atoms with Gasteiger partial charge in [0.1, 0.15) is 18.2 Å². The molecule has 2 aromatic carbocycles. The van der Waals surface area contributed by atoms with E-state index in [1.165, 1.54) is 12.1 Å². The maximum Gasteiger partial charge on any atom is 0.242 e. The number of likely N-dealkylation sites (N-methyl/N-ethyl adjacent to an activating group) is 1. The van der Waals surface area contributed by atoms with Crippen molar-refractivity contribution >= 4 is 22.8 Å². The number of aromatic nitrogens is 2. The van der Waals surface area contributed by atoms with Crippen LogP contribution in [0, 0.1) is 5.82 Å². The number of benzene rings is 2. The molecule has 4 rings (SSSR count). The van der Waals surface area contributed by atoms with Crippen LogP contribution in [0.25, 0.3) is 11.0 Å². The van der Waals surface area contributed by atoms with Crippen LogP contribution >= 0.6 is 0 Å². The molecule has 0 unspecified atom stereocenters. The highest BCUT2D eigenvalue weighted by molar-refractivity contribution is 5.83. The number of carbonyl (C=O) groups is 2. The Labute approximate surface area is 187 Å². The van der Waals surface area contributed by atoms with Crippen LogP contribution in [0.5, 0.6) is 0 Å². The lowest BCUT2D eigenvalue weighted by Gasteiger charge is -2.20. The van der Waals surface area contributed by atoms with E-state index in [0.29, 0.717) is 19.5 Å². The van der Waals surface area contributed by atoms with Crippen LogP contribution in [0.4, 0.5) is 4.39 Å². The largest absolute Gasteiger partial charge is 0.344 e. The molecule has 1 fully saturated rings. The predicted molar refractivity (Wildman–Crippen MR) is 121 cm³/mol. The van der Waals surface area contributed by atoms with Crippen molar-refractivity contribution in [3.63, 3.8) is 0 Å². The Morgan fingerprint density at radius 2 is 1.94 bits per heavy atom. The quantitative estimate of drug-likeness (QED) is 0.537. The third kappa shape index (κ3) is 4.66. The van der Waals surface area contributed by atoms with E-state index in [0.717, 1.165) is 41.8 Å². The molecule has 32 heavy (non-hydrogen) atoms. The first-order valence-corrected chi connectivity index (χ1v) is 11.2. The highest BCUT2D eigenvalue weighted by atomic mass is 19.1. The number of rotatable bonds is 8. The molecule has 1 aliphatic rings. The second kappa shape index (κ2) is 9.51. The van der Waals surface area contributed by atoms with Crippen molar-refractivity contribution in [2.45, 2.75) is 45.2 Å². The topological polar surface area (TPSA) is 58.4 Å². The number of amides is 2. The molecule has 1 aliphatic heterocycles. The van der Waals surface area contributed by atoms with Crippen LogP contribution in [0.1, 0.15) is 43.5 Å². The maximum absolute atomic E-state index is 13.2. The maximum atomic E-state index is 13.2. The summed E-state index contributed by atoms with van der Waals surface area (Å²) in [5.41, 5.74) is 2.63. The van der Waals surface area contributed by atoms with Gasteiger partial charge in [-0.05, 0) is 36.2 Å². The van der Waals surface area contributed by atoms with E-state index < -0.39 is 0 Å². The molecule has 6 nitrogen and oxygen atoms in total. The fraction of sp³-hybridized carbons (Fsp3) is 0.400. The number of imidazole rings is 1. The van der Waals surface area contributed by atoms with Crippen LogP contribution in [0.3, 0.4) is 0 Å². The molecular weight excluding hydrogens is 407 g/mol. The molecule has 0 radical (unpaired) electrons. The number of likely N-dealkylation sites (tertiary alicyclic amines) is 1. The molecule has 1 saturated heterocycles. The number of halogens is 1. The number of carbonyl (C=O) groups excluding carboxylic acids is 2. The number of para-hydroxylation sites is 2. The molecule has 0 aliphatic carbocycles. The van der Waals surface area contributed by atoms with Gasteiger partial charge in [-0.1, -0.05) is 37.6 Å². The zero-order valence-electron chi connectivity index (χ0n) is 18.6. The number of fused-ring (bicyclic) bond motifs is 1. The van der Waals surface area contributed by atoms with Gasteiger partial charge in [-0.25, -0.2) is 9.37 Å². The van der Waals surface area contributed by atoms with Gasteiger partial charge in [-0.2, -0.15) is 0 Å². The van der Waals surface area contributed by atoms with E-state index in [4.69, 9.17) is 4.98 Å². The minimum Gasteiger partial charge on any atom is -0.344 e. The summed E-state index contributed by atoms with van der Waals surface area (Å²) >= 11 is 0. The number of nitrogens with zero attached hydrogens (tertiary/aromatic N) is 4. The summed E-state index contributed by atoms with van der Waals surface area (Å²) in [4.78, 5) is 34.0. The number of hydrogen-bond donors (Lipinski definition) is 0. The minimum absolute atomic E-state index is 0.0374. The predicted octanol–water partition coefficient (Wildman–Crippen LogP) is 3.95. The first-order valence-electron chi connectivity index (χ1n) is 11.2. The molecule has 168 valence electrons. The molecular formula is C25H29FN4O2. The average Bonchev–Trinajstić information content (AvgIpc) is 3.34. The smallest absolute Gasteiger partial charge is 0.242 e. The normalized spacial score (nSPS) is 16.2. The highest BCUT2D eigenvalue weighted by Gasteiger charge is 2.34. The summed E-state index contributed by atoms with van der Waals surface area (Å²) in [7, 11) is 1.83. The van der Waals surface area contributed by atoms with Gasteiger partial charge < -0.3 is 14.4 Å². The molecule has 0 bridgehead atoms. The Morgan fingerprint density at radius 1 is 1.19 bits per heavy atom. The van der Waals surface area contributed by atoms with E-state index in [2.05, 4.69) is 6.92 Å². The van der Waals surface area contributed by atoms with E-state index in [1.54, 1.807) is 21.9 Å². The Bertz CT molecular complexity index is 1110. The fourth-order valence-electron chi connectivity index (χ4n) is 4.26. The van der Waals surface area contributed by atoms with Crippen molar-refractivity contribution < 1.29 is 14.0 Å². The molecule has 7 heteroatoms. The first-order chi connectivity index (χ1) is 15.5. The Kier molecular flexibility index (Phi) is 6.53. The third-order valence-corrected chi connectivity index (χ3v) is 6.12. The second-order valence-corrected chi connectivity index (χ2v) is 8.52. The fourth-order valence-corrected chi connectivity index (χ4v) is 4.26. The lowest BCUT2D eigenvalue weighted by molar-refractivity contribution is -0.130. The average molecular weight is 437 g/mol. The molecule has 3 aromatic rings. The molecule has 0 N–H and O–H groups in total. The van der Waals surface area contributed by atoms with E-state index in [-0.39, 0.29) is 30.1 Å². The van der Waals surface area contributed by atoms with Gasteiger partial charge in [-0.15, -0.1) is 0 Å². The van der Waals surface area contributed by atoms with Crippen molar-refractivity contribution in [3.8, 4) is 0 Å². The van der Waals surface area contributed by atoms with Crippen LogP contribution in [0.15, 0.2) is 48.5 Å². The van der Waals surface area contributed by atoms with Gasteiger partial charge in [-0.3, -0.25) is 9.59 Å². The molecule has 0 spiro atoms. The number of hydrogen-bond acceptors (Lipinski definition) is 3. The summed E-state index contributed by atoms with van der Waals surface area (Å²) in [6.07, 6.45) is 2.35. The van der Waals surface area contributed by atoms with Crippen LogP contribution in [0.2, 0.25) is 0 Å². The van der Waals surface area contributed by atoms with Crippen molar-refractivity contribution in [2.24, 2.45) is 0 Å². The minimum atomic E-state index is -0.290. The summed E-state index contributed by atoms with van der Waals surface area (Å²) < 4.78 is 15.2. The third-order valence-electron chi connectivity index (χ3n) is 6.12. The Balaban J connectivity index is 1.57. The molecule has 1 aromatic heterocycles. The van der Waals surface area contributed by atoms with Crippen LogP contribution in [-0.2, 0) is 22.7 Å². The SMILES string of the molecule is CCCCN(C)C(=O)Cn1c([C@@H]2CC(=O)N(Cc3ccc(F)cc3)C2)nc2ccccc21. The van der Waals surface area contributed by atoms with Gasteiger partial charge in [0.05, 0.1) is 11.0 Å². The lowest BCUT2D eigenvalue weighted by atomic mass is 10.1. The van der Waals surface area contributed by atoms with Gasteiger partial charge in [0.2, 0.25) is 11.8 Å². The van der Waals surface area contributed by atoms with Crippen LogP contribution < -0.4 is 0 Å². The first kappa shape index (κ1) is 22.0. The van der Waals surface area contributed by atoms with Crippen molar-refractivity contribution in [3.05, 3.63) is 65.7 Å².